The van der Waals surface area contributed by atoms with Crippen LogP contribution in [0.5, 0.6) is 0 Å². The number of amides is 1. The van der Waals surface area contributed by atoms with Crippen LogP contribution in [0.15, 0.2) is 21.5 Å². The molecule has 1 N–H and O–H groups in total. The number of benzene rings is 1. The third-order valence-corrected chi connectivity index (χ3v) is 6.28. The molecule has 0 saturated carbocycles. The summed E-state index contributed by atoms with van der Waals surface area (Å²) >= 11 is 3.06. The molecule has 0 spiro atoms. The monoisotopic (exact) mass is 362 g/mol. The highest BCUT2D eigenvalue weighted by atomic mass is 79.9. The van der Waals surface area contributed by atoms with Gasteiger partial charge < -0.3 is 5.32 Å². The molecule has 1 aromatic carbocycles. The minimum atomic E-state index is -3.72. The number of halogens is 2. The van der Waals surface area contributed by atoms with Gasteiger partial charge >= 0.3 is 0 Å². The number of hydrogen-bond acceptors (Lipinski definition) is 3. The Morgan fingerprint density at radius 3 is 2.85 bits per heavy atom. The summed E-state index contributed by atoms with van der Waals surface area (Å²) in [7, 11) is -3.72. The van der Waals surface area contributed by atoms with Crippen molar-refractivity contribution < 1.29 is 17.6 Å². The minimum Gasteiger partial charge on any atom is -0.356 e. The molecule has 2 aliphatic rings. The second kappa shape index (κ2) is 4.78. The summed E-state index contributed by atoms with van der Waals surface area (Å²) in [6.45, 7) is 0.429. The fourth-order valence-corrected chi connectivity index (χ4v) is 4.87. The van der Waals surface area contributed by atoms with Gasteiger partial charge in [0.15, 0.2) is 0 Å². The van der Waals surface area contributed by atoms with Crippen molar-refractivity contribution in [1.29, 1.82) is 0 Å². The number of nitrogens with one attached hydrogen (secondary N) is 1. The van der Waals surface area contributed by atoms with Crippen LogP contribution in [0.4, 0.5) is 4.39 Å². The number of hydrogen-bond donors (Lipinski definition) is 1. The smallest absolute Gasteiger partial charge is 0.244 e. The van der Waals surface area contributed by atoms with Crippen LogP contribution in [0.3, 0.4) is 0 Å². The van der Waals surface area contributed by atoms with Gasteiger partial charge in [0, 0.05) is 31.1 Å². The summed E-state index contributed by atoms with van der Waals surface area (Å²) in [5.74, 6) is -0.720. The maximum Gasteiger partial charge on any atom is 0.244 e. The van der Waals surface area contributed by atoms with Crippen LogP contribution in [0.25, 0.3) is 0 Å². The lowest BCUT2D eigenvalue weighted by molar-refractivity contribution is -0.123. The molecule has 1 unspecified atom stereocenters. The second-order valence-corrected chi connectivity index (χ2v) is 7.60. The molecule has 108 valence electrons. The standard InChI is InChI=1S/C12H12BrFN2O3S/c13-9-1-2-10-8(12(9)14)6-16(20(10,18)19)7-3-4-15-11(17)5-7/h1-2,7H,3-6H2,(H,15,17). The maximum atomic E-state index is 14.0. The molecule has 0 radical (unpaired) electrons. The van der Waals surface area contributed by atoms with Crippen molar-refractivity contribution in [1.82, 2.24) is 9.62 Å². The van der Waals surface area contributed by atoms with Gasteiger partial charge in [0.1, 0.15) is 5.82 Å². The molecule has 1 amide bonds. The third-order valence-electron chi connectivity index (χ3n) is 3.68. The summed E-state index contributed by atoms with van der Waals surface area (Å²) in [6, 6.07) is 2.39. The molecule has 3 rings (SSSR count). The molecule has 2 aliphatic heterocycles. The number of carbonyl (C=O) groups is 1. The second-order valence-electron chi connectivity index (χ2n) is 4.88. The van der Waals surface area contributed by atoms with Gasteiger partial charge in [-0.1, -0.05) is 0 Å². The lowest BCUT2D eigenvalue weighted by Crippen LogP contribution is -2.45. The Kier molecular flexibility index (Phi) is 3.34. The van der Waals surface area contributed by atoms with E-state index in [2.05, 4.69) is 21.2 Å². The van der Waals surface area contributed by atoms with Crippen molar-refractivity contribution in [3.8, 4) is 0 Å². The van der Waals surface area contributed by atoms with Gasteiger partial charge in [-0.15, -0.1) is 0 Å². The largest absolute Gasteiger partial charge is 0.356 e. The molecule has 5 nitrogen and oxygen atoms in total. The van der Waals surface area contributed by atoms with Crippen molar-refractivity contribution in [2.24, 2.45) is 0 Å². The molecule has 0 aromatic heterocycles. The quantitative estimate of drug-likeness (QED) is 0.820. The Hall–Kier alpha value is -0.990. The summed E-state index contributed by atoms with van der Waals surface area (Å²) < 4.78 is 40.5. The Balaban J connectivity index is 2.01. The number of piperidine rings is 1. The van der Waals surface area contributed by atoms with E-state index in [0.717, 1.165) is 0 Å². The van der Waals surface area contributed by atoms with E-state index in [9.17, 15) is 17.6 Å². The molecular formula is C12H12BrFN2O3S. The first-order valence-corrected chi connectivity index (χ1v) is 8.40. The predicted molar refractivity (Wildman–Crippen MR) is 72.9 cm³/mol. The van der Waals surface area contributed by atoms with Crippen LogP contribution < -0.4 is 5.32 Å². The van der Waals surface area contributed by atoms with E-state index >= 15 is 0 Å². The fourth-order valence-electron chi connectivity index (χ4n) is 2.67. The van der Waals surface area contributed by atoms with Crippen molar-refractivity contribution in [3.63, 3.8) is 0 Å². The van der Waals surface area contributed by atoms with E-state index in [-0.39, 0.29) is 33.8 Å². The average Bonchev–Trinajstić information content (AvgIpc) is 2.66. The van der Waals surface area contributed by atoms with Gasteiger partial charge in [-0.05, 0) is 34.5 Å². The highest BCUT2D eigenvalue weighted by Gasteiger charge is 2.42. The normalized spacial score (nSPS) is 25.3. The van der Waals surface area contributed by atoms with E-state index < -0.39 is 21.9 Å². The third kappa shape index (κ3) is 2.06. The van der Waals surface area contributed by atoms with Crippen LogP contribution in [-0.4, -0.2) is 31.2 Å². The molecular weight excluding hydrogens is 351 g/mol. The first-order valence-electron chi connectivity index (χ1n) is 6.16. The van der Waals surface area contributed by atoms with E-state index in [0.29, 0.717) is 13.0 Å². The highest BCUT2D eigenvalue weighted by molar-refractivity contribution is 9.10. The minimum absolute atomic E-state index is 0.00387. The molecule has 1 aromatic rings. The molecule has 2 heterocycles. The zero-order valence-electron chi connectivity index (χ0n) is 10.4. The Bertz CT molecular complexity index is 692. The van der Waals surface area contributed by atoms with E-state index in [1.54, 1.807) is 0 Å². The number of fused-ring (bicyclic) bond motifs is 1. The van der Waals surface area contributed by atoms with E-state index in [4.69, 9.17) is 0 Å². The Labute approximate surface area is 124 Å². The number of sulfonamides is 1. The summed E-state index contributed by atoms with van der Waals surface area (Å²) in [4.78, 5) is 11.4. The molecule has 20 heavy (non-hydrogen) atoms. The van der Waals surface area contributed by atoms with Gasteiger partial charge in [0.05, 0.1) is 9.37 Å². The molecule has 0 bridgehead atoms. The zero-order chi connectivity index (χ0) is 14.5. The van der Waals surface area contributed by atoms with E-state index in [1.807, 2.05) is 0 Å². The van der Waals surface area contributed by atoms with Gasteiger partial charge in [-0.3, -0.25) is 4.79 Å². The summed E-state index contributed by atoms with van der Waals surface area (Å²) in [5.41, 5.74) is 0.172. The summed E-state index contributed by atoms with van der Waals surface area (Å²) in [6.07, 6.45) is 0.664. The van der Waals surface area contributed by atoms with Gasteiger partial charge in [-0.25, -0.2) is 12.8 Å². The predicted octanol–water partition coefficient (Wildman–Crippen LogP) is 1.37. The fraction of sp³-hybridized carbons (Fsp3) is 0.417. The van der Waals surface area contributed by atoms with Crippen LogP contribution in [-0.2, 0) is 21.4 Å². The molecule has 1 fully saturated rings. The van der Waals surface area contributed by atoms with Crippen molar-refractivity contribution in [2.75, 3.05) is 6.54 Å². The van der Waals surface area contributed by atoms with Crippen LogP contribution >= 0.6 is 15.9 Å². The van der Waals surface area contributed by atoms with Gasteiger partial charge in [0.25, 0.3) is 0 Å². The first-order chi connectivity index (χ1) is 9.41. The first kappa shape index (κ1) is 14.0. The van der Waals surface area contributed by atoms with Crippen molar-refractivity contribution in [2.45, 2.75) is 30.3 Å². The summed E-state index contributed by atoms with van der Waals surface area (Å²) in [5, 5.41) is 2.66. The van der Waals surface area contributed by atoms with Gasteiger partial charge in [0.2, 0.25) is 15.9 Å². The van der Waals surface area contributed by atoms with Crippen molar-refractivity contribution in [3.05, 3.63) is 28.0 Å². The molecule has 1 atom stereocenters. The maximum absolute atomic E-state index is 14.0. The SMILES string of the molecule is O=C1CC(N2Cc3c(ccc(Br)c3F)S2(=O)=O)CCN1. The molecule has 0 aliphatic carbocycles. The van der Waals surface area contributed by atoms with Crippen LogP contribution in [0.1, 0.15) is 18.4 Å². The number of rotatable bonds is 1. The Morgan fingerprint density at radius 2 is 2.15 bits per heavy atom. The topological polar surface area (TPSA) is 66.5 Å². The van der Waals surface area contributed by atoms with E-state index in [1.165, 1.54) is 16.4 Å². The Morgan fingerprint density at radius 1 is 1.40 bits per heavy atom. The number of nitrogens with zero attached hydrogens (tertiary/aromatic N) is 1. The number of carbonyl (C=O) groups excluding carboxylic acids is 1. The molecule has 8 heteroatoms. The van der Waals surface area contributed by atoms with Crippen molar-refractivity contribution >= 4 is 31.9 Å². The zero-order valence-corrected chi connectivity index (χ0v) is 12.8. The molecule has 1 saturated heterocycles. The van der Waals surface area contributed by atoms with Crippen LogP contribution in [0, 0.1) is 5.82 Å². The average molecular weight is 363 g/mol. The highest BCUT2D eigenvalue weighted by Crippen LogP contribution is 2.37. The lowest BCUT2D eigenvalue weighted by Gasteiger charge is -2.29. The van der Waals surface area contributed by atoms with Crippen LogP contribution in [0.2, 0.25) is 0 Å². The lowest BCUT2D eigenvalue weighted by atomic mass is 10.1. The van der Waals surface area contributed by atoms with Gasteiger partial charge in [-0.2, -0.15) is 4.31 Å².